The molecule has 2 unspecified atom stereocenters. The van der Waals surface area contributed by atoms with E-state index in [0.717, 1.165) is 36.9 Å². The van der Waals surface area contributed by atoms with Crippen LogP contribution in [-0.2, 0) is 44.4 Å². The van der Waals surface area contributed by atoms with Gasteiger partial charge in [0.1, 0.15) is 0 Å². The van der Waals surface area contributed by atoms with Gasteiger partial charge in [0.05, 0.1) is 16.9 Å². The summed E-state index contributed by atoms with van der Waals surface area (Å²) in [5, 5.41) is 0. The lowest BCUT2D eigenvalue weighted by atomic mass is 9.33. The molecule has 0 saturated carbocycles. The van der Waals surface area contributed by atoms with Gasteiger partial charge in [0.2, 0.25) is 0 Å². The minimum Gasteiger partial charge on any atom is -0.330 e. The fraction of sp³-hybridized carbons (Fsp3) is 0.338. The Hall–Kier alpha value is -7.63. The van der Waals surface area contributed by atoms with Gasteiger partial charge >= 0.3 is 0 Å². The Morgan fingerprint density at radius 3 is 1.69 bits per heavy atom. The summed E-state index contributed by atoms with van der Waals surface area (Å²) >= 11 is 0. The molecule has 1 aromatic heterocycles. The van der Waals surface area contributed by atoms with E-state index in [-0.39, 0.29) is 39.2 Å². The van der Waals surface area contributed by atoms with Crippen LogP contribution in [0.3, 0.4) is 0 Å². The number of aromatic nitrogens is 1. The first-order valence-corrected chi connectivity index (χ1v) is 31.6. The Kier molecular flexibility index (Phi) is 12.1. The third-order valence-electron chi connectivity index (χ3n) is 21.4. The van der Waals surface area contributed by atoms with Crippen LogP contribution in [0.4, 0.5) is 45.5 Å². The van der Waals surface area contributed by atoms with Gasteiger partial charge in [-0.25, -0.2) is 0 Å². The average Bonchev–Trinajstić information content (AvgIpc) is 1.69. The molecule has 0 amide bonds. The first-order chi connectivity index (χ1) is 40.2. The minimum absolute atomic E-state index is 0.00919. The zero-order valence-electron chi connectivity index (χ0n) is 53.4. The second-order valence-corrected chi connectivity index (χ2v) is 30.7. The summed E-state index contributed by atoms with van der Waals surface area (Å²) in [5.74, 6) is 0. The van der Waals surface area contributed by atoms with Crippen LogP contribution in [0.15, 0.2) is 176 Å². The summed E-state index contributed by atoms with van der Waals surface area (Å²) in [6.45, 7) is 38.6. The van der Waals surface area contributed by atoms with Crippen LogP contribution < -0.4 is 31.1 Å². The zero-order valence-corrected chi connectivity index (χ0v) is 53.4. The summed E-state index contributed by atoms with van der Waals surface area (Å²) < 4.78 is 0. The Morgan fingerprint density at radius 1 is 0.435 bits per heavy atom. The molecule has 5 heteroatoms. The number of pyridine rings is 1. The molecule has 0 fully saturated rings. The highest BCUT2D eigenvalue weighted by Gasteiger charge is 2.60. The molecule has 2 atom stereocenters. The van der Waals surface area contributed by atoms with Crippen molar-refractivity contribution >= 4 is 68.6 Å². The van der Waals surface area contributed by atoms with Gasteiger partial charge in [-0.05, 0) is 211 Å². The van der Waals surface area contributed by atoms with Gasteiger partial charge in [-0.15, -0.1) is 0 Å². The van der Waals surface area contributed by atoms with Gasteiger partial charge in [0.25, 0.3) is 6.71 Å². The summed E-state index contributed by atoms with van der Waals surface area (Å²) in [4.78, 5) is 13.1. The predicted octanol–water partition coefficient (Wildman–Crippen LogP) is 19.3. The Morgan fingerprint density at radius 2 is 1.04 bits per heavy atom. The monoisotopic (exact) mass is 1110 g/mol. The summed E-state index contributed by atoms with van der Waals surface area (Å²) in [6.07, 6.45) is 6.27. The number of nitrogens with zero attached hydrogens (tertiary/aromatic N) is 4. The van der Waals surface area contributed by atoms with Gasteiger partial charge in [-0.3, -0.25) is 4.98 Å². The number of rotatable bonds is 5. The lowest BCUT2D eigenvalue weighted by Crippen LogP contribution is -2.62. The van der Waals surface area contributed by atoms with Crippen molar-refractivity contribution in [3.63, 3.8) is 0 Å². The SMILES string of the molecule is Cc1cc(C(C)(C)C)ccc1N1c2cc(N3c4ccc(-c5ccccn5)cc4C4(C)CCc5ccccc5C34C)ccc2B2c3cc4c(cc3N(c3ccc(C(C)(C)C)cc3-c3ccccc3)c3cc(C(C)(C)C)cc1c32)C(C)(C)CCC4(C)C. The predicted molar refractivity (Wildman–Crippen MR) is 363 cm³/mol. The van der Waals surface area contributed by atoms with Gasteiger partial charge in [-0.2, -0.15) is 0 Å². The van der Waals surface area contributed by atoms with Crippen molar-refractivity contribution in [2.24, 2.45) is 0 Å². The van der Waals surface area contributed by atoms with Crippen LogP contribution in [0.25, 0.3) is 22.4 Å². The van der Waals surface area contributed by atoms with E-state index >= 15 is 0 Å². The van der Waals surface area contributed by atoms with Crippen LogP contribution in [-0.4, -0.2) is 11.7 Å². The highest BCUT2D eigenvalue weighted by atomic mass is 15.3. The molecule has 3 aliphatic heterocycles. The first kappa shape index (κ1) is 55.3. The maximum atomic E-state index is 4.89. The van der Waals surface area contributed by atoms with Crippen molar-refractivity contribution in [2.75, 3.05) is 14.7 Å². The van der Waals surface area contributed by atoms with Crippen molar-refractivity contribution < 1.29 is 0 Å². The van der Waals surface area contributed by atoms with E-state index < -0.39 is 5.54 Å². The van der Waals surface area contributed by atoms with Crippen LogP contribution in [0.5, 0.6) is 0 Å². The highest BCUT2D eigenvalue weighted by molar-refractivity contribution is 7.00. The molecule has 0 saturated heterocycles. The zero-order chi connectivity index (χ0) is 59.7. The fourth-order valence-electron chi connectivity index (χ4n) is 16.0. The summed E-state index contributed by atoms with van der Waals surface area (Å²) in [6, 6.07) is 66.9. The third kappa shape index (κ3) is 8.32. The molecular weight excluding hydrogens is 1030 g/mol. The quantitative estimate of drug-likeness (QED) is 0.160. The number of hydrogen-bond donors (Lipinski definition) is 0. The van der Waals surface area contributed by atoms with Gasteiger partial charge < -0.3 is 14.7 Å². The molecule has 0 bridgehead atoms. The van der Waals surface area contributed by atoms with Crippen LogP contribution in [0.2, 0.25) is 0 Å². The number of fused-ring (bicyclic) bond motifs is 10. The van der Waals surface area contributed by atoms with E-state index in [4.69, 9.17) is 4.98 Å². The van der Waals surface area contributed by atoms with Crippen molar-refractivity contribution in [3.8, 4) is 22.4 Å². The molecule has 0 spiro atoms. The Balaban J connectivity index is 1.10. The smallest absolute Gasteiger partial charge is 0.252 e. The average molecular weight is 1110 g/mol. The standard InChI is InChI=1S/C80H85BN4/c1-50-42-54(74(2,3)4)30-35-66(50)83-69-47-57(85-68-34-29-53(65-28-22-23-41-82-65)43-62(68)79(15)38-37-52-26-20-21-27-59(52)80(79,85)16)32-33-63(69)81-64-48-60-61(78(13,14)40-39-77(60,11)12)49-70(64)84(72-46-56(76(8,9)10)45-71(83)73(72)81)67-36-31-55(75(5,6)7)44-58(67)51-24-18-17-19-25-51/h17-36,41-49H,37-40H2,1-16H3. The molecule has 8 aromatic carbocycles. The van der Waals surface area contributed by atoms with E-state index in [1.807, 2.05) is 12.3 Å². The second kappa shape index (κ2) is 18.7. The molecule has 9 aromatic rings. The van der Waals surface area contributed by atoms with Crippen LogP contribution in [0.1, 0.15) is 173 Å². The van der Waals surface area contributed by atoms with E-state index in [9.17, 15) is 0 Å². The molecule has 5 aliphatic rings. The molecule has 14 rings (SSSR count). The maximum Gasteiger partial charge on any atom is 0.252 e. The largest absolute Gasteiger partial charge is 0.330 e. The van der Waals surface area contributed by atoms with E-state index in [0.29, 0.717) is 0 Å². The van der Waals surface area contributed by atoms with Gasteiger partial charge in [0.15, 0.2) is 0 Å². The lowest BCUT2D eigenvalue weighted by molar-refractivity contribution is 0.245. The minimum atomic E-state index is -0.413. The van der Waals surface area contributed by atoms with E-state index in [2.05, 4.69) is 289 Å². The molecule has 0 radical (unpaired) electrons. The molecule has 428 valence electrons. The summed E-state index contributed by atoms with van der Waals surface area (Å²) in [5.41, 5.74) is 30.2. The highest BCUT2D eigenvalue weighted by Crippen LogP contribution is 2.65. The van der Waals surface area contributed by atoms with Crippen LogP contribution >= 0.6 is 0 Å². The van der Waals surface area contributed by atoms with Crippen molar-refractivity contribution in [3.05, 3.63) is 226 Å². The molecule has 85 heavy (non-hydrogen) atoms. The first-order valence-electron chi connectivity index (χ1n) is 31.6. The molecule has 4 heterocycles. The van der Waals surface area contributed by atoms with Crippen molar-refractivity contribution in [1.82, 2.24) is 4.98 Å². The fourth-order valence-corrected chi connectivity index (χ4v) is 16.0. The normalized spacial score (nSPS) is 19.8. The number of benzene rings is 8. The summed E-state index contributed by atoms with van der Waals surface area (Å²) in [7, 11) is 0. The Bertz CT molecular complexity index is 4210. The molecular formula is C80H85BN4. The number of anilines is 8. The number of hydrogen-bond acceptors (Lipinski definition) is 4. The Labute approximate surface area is 508 Å². The van der Waals surface area contributed by atoms with Crippen molar-refractivity contribution in [1.29, 1.82) is 0 Å². The van der Waals surface area contributed by atoms with Gasteiger partial charge in [0, 0.05) is 62.6 Å². The molecule has 0 N–H and O–H groups in total. The third-order valence-corrected chi connectivity index (χ3v) is 21.4. The van der Waals surface area contributed by atoms with Crippen molar-refractivity contribution in [2.45, 2.75) is 174 Å². The molecule has 4 nitrogen and oxygen atoms in total. The molecule has 2 aliphatic carbocycles. The number of aryl methyl sites for hydroxylation is 2. The second-order valence-electron chi connectivity index (χ2n) is 30.7. The topological polar surface area (TPSA) is 22.6 Å². The van der Waals surface area contributed by atoms with E-state index in [1.165, 1.54) is 123 Å². The maximum absolute atomic E-state index is 4.89. The van der Waals surface area contributed by atoms with Crippen LogP contribution in [0, 0.1) is 6.92 Å². The van der Waals surface area contributed by atoms with Gasteiger partial charge in [-0.1, -0.05) is 194 Å². The van der Waals surface area contributed by atoms with E-state index in [1.54, 1.807) is 0 Å². The lowest BCUT2D eigenvalue weighted by Gasteiger charge is -2.51.